The van der Waals surface area contributed by atoms with E-state index in [4.69, 9.17) is 12.2 Å². The van der Waals surface area contributed by atoms with Crippen LogP contribution >= 0.6 is 35.3 Å². The number of hydrogen-bond donors (Lipinski definition) is 2. The number of imide groups is 1. The molecule has 1 heterocycles. The number of carbonyl (C=O) groups is 2. The van der Waals surface area contributed by atoms with Crippen LogP contribution in [0.4, 0.5) is 4.79 Å². The fourth-order valence-corrected chi connectivity index (χ4v) is 3.57. The quantitative estimate of drug-likeness (QED) is 0.659. The zero-order valence-electron chi connectivity index (χ0n) is 11.0. The SMILES string of the molecule is CNC(=O)NC(=O)CSc1nn(-c2ccccc2)c(=S)s1. The minimum Gasteiger partial charge on any atom is -0.341 e. The molecular weight excluding hydrogens is 328 g/mol. The highest BCUT2D eigenvalue weighted by molar-refractivity contribution is 8.01. The lowest BCUT2D eigenvalue weighted by atomic mass is 10.3. The summed E-state index contributed by atoms with van der Waals surface area (Å²) in [5.41, 5.74) is 0.875. The molecule has 0 saturated carbocycles. The molecule has 9 heteroatoms. The van der Waals surface area contributed by atoms with Crippen molar-refractivity contribution in [2.75, 3.05) is 12.8 Å². The van der Waals surface area contributed by atoms with Crippen LogP contribution in [0.25, 0.3) is 5.69 Å². The maximum Gasteiger partial charge on any atom is 0.321 e. The van der Waals surface area contributed by atoms with Crippen molar-refractivity contribution >= 4 is 47.3 Å². The molecule has 0 atom stereocenters. The largest absolute Gasteiger partial charge is 0.341 e. The molecule has 0 aliphatic carbocycles. The van der Waals surface area contributed by atoms with Gasteiger partial charge in [0.25, 0.3) is 0 Å². The lowest BCUT2D eigenvalue weighted by molar-refractivity contribution is -0.117. The van der Waals surface area contributed by atoms with Crippen molar-refractivity contribution in [3.05, 3.63) is 34.3 Å². The van der Waals surface area contributed by atoms with Crippen molar-refractivity contribution in [2.24, 2.45) is 0 Å². The fourth-order valence-electron chi connectivity index (χ4n) is 1.40. The Morgan fingerprint density at radius 2 is 2.10 bits per heavy atom. The molecule has 0 fully saturated rings. The molecule has 0 spiro atoms. The number of benzene rings is 1. The minimum absolute atomic E-state index is 0.102. The van der Waals surface area contributed by atoms with Crippen molar-refractivity contribution in [1.29, 1.82) is 0 Å². The molecule has 1 aromatic carbocycles. The van der Waals surface area contributed by atoms with E-state index in [0.29, 0.717) is 8.29 Å². The van der Waals surface area contributed by atoms with Gasteiger partial charge in [0.1, 0.15) is 0 Å². The summed E-state index contributed by atoms with van der Waals surface area (Å²) in [6, 6.07) is 9.01. The molecule has 0 unspecified atom stereocenters. The van der Waals surface area contributed by atoms with E-state index in [1.54, 1.807) is 4.68 Å². The third kappa shape index (κ3) is 4.38. The van der Waals surface area contributed by atoms with Crippen molar-refractivity contribution < 1.29 is 9.59 Å². The van der Waals surface area contributed by atoms with Gasteiger partial charge in [0.2, 0.25) is 5.91 Å². The van der Waals surface area contributed by atoms with E-state index in [9.17, 15) is 9.59 Å². The molecule has 0 aliphatic heterocycles. The van der Waals surface area contributed by atoms with Crippen LogP contribution in [-0.2, 0) is 4.79 Å². The highest BCUT2D eigenvalue weighted by Crippen LogP contribution is 2.23. The van der Waals surface area contributed by atoms with Gasteiger partial charge in [0, 0.05) is 7.05 Å². The van der Waals surface area contributed by atoms with E-state index in [0.717, 1.165) is 5.69 Å². The first kappa shape index (κ1) is 15.7. The predicted molar refractivity (Wildman–Crippen MR) is 85.6 cm³/mol. The molecule has 0 radical (unpaired) electrons. The number of urea groups is 1. The van der Waals surface area contributed by atoms with Gasteiger partial charge in [0.15, 0.2) is 8.29 Å². The topological polar surface area (TPSA) is 76.0 Å². The number of hydrogen-bond acceptors (Lipinski definition) is 6. The second kappa shape index (κ2) is 7.34. The van der Waals surface area contributed by atoms with Gasteiger partial charge < -0.3 is 5.32 Å². The Bertz CT molecular complexity index is 696. The van der Waals surface area contributed by atoms with Crippen LogP contribution in [0.3, 0.4) is 0 Å². The van der Waals surface area contributed by atoms with Gasteiger partial charge in [-0.2, -0.15) is 0 Å². The molecule has 0 saturated heterocycles. The van der Waals surface area contributed by atoms with Crippen LogP contribution in [-0.4, -0.2) is 34.5 Å². The normalized spacial score (nSPS) is 10.1. The van der Waals surface area contributed by atoms with Crippen molar-refractivity contribution in [3.8, 4) is 5.69 Å². The monoisotopic (exact) mass is 340 g/mol. The van der Waals surface area contributed by atoms with Crippen molar-refractivity contribution in [2.45, 2.75) is 4.34 Å². The van der Waals surface area contributed by atoms with Gasteiger partial charge in [-0.3, -0.25) is 10.1 Å². The zero-order chi connectivity index (χ0) is 15.2. The minimum atomic E-state index is -0.525. The summed E-state index contributed by atoms with van der Waals surface area (Å²) in [4.78, 5) is 22.5. The summed E-state index contributed by atoms with van der Waals surface area (Å²) in [5, 5.41) is 8.87. The van der Waals surface area contributed by atoms with Gasteiger partial charge in [-0.25, -0.2) is 9.48 Å². The molecule has 2 rings (SSSR count). The second-order valence-electron chi connectivity index (χ2n) is 3.80. The summed E-state index contributed by atoms with van der Waals surface area (Å²) in [6.07, 6.45) is 0. The summed E-state index contributed by atoms with van der Waals surface area (Å²) >= 11 is 7.83. The molecule has 3 amide bonds. The molecule has 6 nitrogen and oxygen atoms in total. The molecular formula is C12H12N4O2S3. The maximum atomic E-state index is 11.5. The van der Waals surface area contributed by atoms with Crippen LogP contribution in [0, 0.1) is 3.95 Å². The van der Waals surface area contributed by atoms with Crippen LogP contribution in [0.5, 0.6) is 0 Å². The van der Waals surface area contributed by atoms with E-state index in [1.807, 2.05) is 30.3 Å². The predicted octanol–water partition coefficient (Wildman–Crippen LogP) is 2.21. The smallest absolute Gasteiger partial charge is 0.321 e. The maximum absolute atomic E-state index is 11.5. The van der Waals surface area contributed by atoms with Crippen LogP contribution in [0.1, 0.15) is 0 Å². The average molecular weight is 340 g/mol. The van der Waals surface area contributed by atoms with Gasteiger partial charge in [-0.05, 0) is 24.4 Å². The van der Waals surface area contributed by atoms with Gasteiger partial charge in [-0.15, -0.1) is 5.10 Å². The number of thioether (sulfide) groups is 1. The number of para-hydroxylation sites is 1. The Kier molecular flexibility index (Phi) is 5.48. The Hall–Kier alpha value is -1.71. The summed E-state index contributed by atoms with van der Waals surface area (Å²) in [7, 11) is 1.45. The van der Waals surface area contributed by atoms with Crippen LogP contribution in [0.2, 0.25) is 0 Å². The van der Waals surface area contributed by atoms with E-state index in [-0.39, 0.29) is 11.7 Å². The third-order valence-corrected chi connectivity index (χ3v) is 4.70. The zero-order valence-corrected chi connectivity index (χ0v) is 13.5. The Morgan fingerprint density at radius 1 is 1.38 bits per heavy atom. The summed E-state index contributed by atoms with van der Waals surface area (Å²) in [6.45, 7) is 0. The molecule has 2 aromatic rings. The number of carbonyl (C=O) groups excluding carboxylic acids is 2. The molecule has 110 valence electrons. The van der Waals surface area contributed by atoms with E-state index >= 15 is 0 Å². The Morgan fingerprint density at radius 3 is 2.76 bits per heavy atom. The summed E-state index contributed by atoms with van der Waals surface area (Å²) in [5.74, 6) is -0.281. The van der Waals surface area contributed by atoms with Gasteiger partial charge in [0.05, 0.1) is 11.4 Å². The fraction of sp³-hybridized carbons (Fsp3) is 0.167. The van der Waals surface area contributed by atoms with Gasteiger partial charge >= 0.3 is 6.03 Å². The molecule has 21 heavy (non-hydrogen) atoms. The Labute approximate surface area is 134 Å². The number of rotatable bonds is 4. The van der Waals surface area contributed by atoms with Crippen LogP contribution in [0.15, 0.2) is 34.7 Å². The van der Waals surface area contributed by atoms with Gasteiger partial charge in [-0.1, -0.05) is 41.3 Å². The average Bonchev–Trinajstić information content (AvgIpc) is 2.87. The molecule has 1 aromatic heterocycles. The highest BCUT2D eigenvalue weighted by atomic mass is 32.2. The number of nitrogens with zero attached hydrogens (tertiary/aromatic N) is 2. The number of nitrogens with one attached hydrogen (secondary N) is 2. The first-order valence-corrected chi connectivity index (χ1v) is 8.11. The summed E-state index contributed by atoms with van der Waals surface area (Å²) < 4.78 is 2.94. The van der Waals surface area contributed by atoms with Crippen molar-refractivity contribution in [1.82, 2.24) is 20.4 Å². The van der Waals surface area contributed by atoms with E-state index in [1.165, 1.54) is 30.1 Å². The molecule has 0 aliphatic rings. The van der Waals surface area contributed by atoms with E-state index in [2.05, 4.69) is 15.7 Å². The lowest BCUT2D eigenvalue weighted by Gasteiger charge is -2.01. The van der Waals surface area contributed by atoms with Crippen LogP contribution < -0.4 is 10.6 Å². The Balaban J connectivity index is 2.02. The third-order valence-electron chi connectivity index (χ3n) is 2.34. The first-order chi connectivity index (χ1) is 10.1. The first-order valence-electron chi connectivity index (χ1n) is 5.90. The number of aromatic nitrogens is 2. The molecule has 0 bridgehead atoms. The number of amides is 3. The molecule has 2 N–H and O–H groups in total. The van der Waals surface area contributed by atoms with Crippen molar-refractivity contribution in [3.63, 3.8) is 0 Å². The lowest BCUT2D eigenvalue weighted by Crippen LogP contribution is -2.38. The van der Waals surface area contributed by atoms with E-state index < -0.39 is 6.03 Å². The highest BCUT2D eigenvalue weighted by Gasteiger charge is 2.10. The second-order valence-corrected chi connectivity index (χ2v) is 6.64. The standard InChI is InChI=1S/C12H12N4O2S3/c1-13-10(18)14-9(17)7-20-11-15-16(12(19)21-11)8-5-3-2-4-6-8/h2-6H,7H2,1H3,(H2,13,14,17,18).